The highest BCUT2D eigenvalue weighted by Gasteiger charge is 2.12. The zero-order valence-corrected chi connectivity index (χ0v) is 11.3. The van der Waals surface area contributed by atoms with Crippen molar-refractivity contribution < 1.29 is 4.79 Å². The van der Waals surface area contributed by atoms with Crippen LogP contribution in [0.2, 0.25) is 0 Å². The summed E-state index contributed by atoms with van der Waals surface area (Å²) in [5.74, 6) is 0.890. The van der Waals surface area contributed by atoms with Crippen LogP contribution < -0.4 is 5.73 Å². The number of nitrogens with two attached hydrogens (primary N) is 1. The minimum atomic E-state index is -0.151. The van der Waals surface area contributed by atoms with Gasteiger partial charge >= 0.3 is 0 Å². The van der Waals surface area contributed by atoms with Gasteiger partial charge in [-0.2, -0.15) is 0 Å². The van der Waals surface area contributed by atoms with Crippen LogP contribution in [0.5, 0.6) is 0 Å². The van der Waals surface area contributed by atoms with Crippen molar-refractivity contribution in [1.29, 1.82) is 0 Å². The molecule has 0 atom stereocenters. The molecule has 1 rings (SSSR count). The molecule has 0 unspecified atom stereocenters. The topological polar surface area (TPSA) is 43.1 Å². The van der Waals surface area contributed by atoms with Gasteiger partial charge in [-0.15, -0.1) is 0 Å². The van der Waals surface area contributed by atoms with Crippen LogP contribution in [0.1, 0.15) is 83.5 Å². The molecule has 1 amide bonds. The summed E-state index contributed by atoms with van der Waals surface area (Å²) in [4.78, 5) is 10.5. The molecular weight excluding hydrogens is 210 g/mol. The van der Waals surface area contributed by atoms with Gasteiger partial charge in [0, 0.05) is 6.42 Å². The number of carbonyl (C=O) groups excluding carboxylic acids is 1. The van der Waals surface area contributed by atoms with E-state index in [0.29, 0.717) is 6.42 Å². The molecule has 0 heterocycles. The molecule has 0 aromatic rings. The van der Waals surface area contributed by atoms with Crippen LogP contribution in [0.15, 0.2) is 0 Å². The third-order valence-electron chi connectivity index (χ3n) is 4.01. The van der Waals surface area contributed by atoms with E-state index < -0.39 is 0 Å². The molecule has 0 bridgehead atoms. The van der Waals surface area contributed by atoms with Gasteiger partial charge in [0.15, 0.2) is 0 Å². The second kappa shape index (κ2) is 9.49. The fourth-order valence-corrected chi connectivity index (χ4v) is 2.92. The summed E-state index contributed by atoms with van der Waals surface area (Å²) in [5.41, 5.74) is 5.10. The molecule has 100 valence electrons. The van der Waals surface area contributed by atoms with Crippen molar-refractivity contribution in [3.05, 3.63) is 0 Å². The fraction of sp³-hybridized carbons (Fsp3) is 0.933. The molecule has 2 nitrogen and oxygen atoms in total. The van der Waals surface area contributed by atoms with Crippen molar-refractivity contribution in [3.8, 4) is 0 Å². The monoisotopic (exact) mass is 239 g/mol. The van der Waals surface area contributed by atoms with Crippen molar-refractivity contribution >= 4 is 5.91 Å². The van der Waals surface area contributed by atoms with Crippen molar-refractivity contribution in [2.75, 3.05) is 0 Å². The Balaban J connectivity index is 1.79. The van der Waals surface area contributed by atoms with E-state index in [1.807, 2.05) is 0 Å². The molecule has 0 aliphatic heterocycles. The number of primary amides is 1. The zero-order valence-electron chi connectivity index (χ0n) is 11.3. The van der Waals surface area contributed by atoms with Gasteiger partial charge in [0.25, 0.3) is 0 Å². The lowest BCUT2D eigenvalue weighted by Gasteiger charge is -2.21. The smallest absolute Gasteiger partial charge is 0.217 e. The molecule has 17 heavy (non-hydrogen) atoms. The van der Waals surface area contributed by atoms with Gasteiger partial charge in [0.2, 0.25) is 5.91 Å². The van der Waals surface area contributed by atoms with E-state index in [0.717, 1.165) is 12.3 Å². The van der Waals surface area contributed by atoms with Crippen LogP contribution in [-0.2, 0) is 4.79 Å². The number of hydrogen-bond acceptors (Lipinski definition) is 1. The summed E-state index contributed by atoms with van der Waals surface area (Å²) in [7, 11) is 0. The Hall–Kier alpha value is -0.530. The average molecular weight is 239 g/mol. The predicted molar refractivity (Wildman–Crippen MR) is 72.7 cm³/mol. The lowest BCUT2D eigenvalue weighted by atomic mass is 9.85. The number of unbranched alkanes of at least 4 members (excludes halogenated alkanes) is 5. The van der Waals surface area contributed by atoms with Crippen LogP contribution in [-0.4, -0.2) is 5.91 Å². The van der Waals surface area contributed by atoms with Crippen LogP contribution in [0.3, 0.4) is 0 Å². The Labute approximate surface area is 106 Å². The zero-order chi connectivity index (χ0) is 12.3. The van der Waals surface area contributed by atoms with Gasteiger partial charge in [-0.25, -0.2) is 0 Å². The van der Waals surface area contributed by atoms with Gasteiger partial charge in [-0.1, -0.05) is 70.6 Å². The molecule has 2 heteroatoms. The molecule has 1 aliphatic rings. The second-order valence-electron chi connectivity index (χ2n) is 5.63. The van der Waals surface area contributed by atoms with Crippen LogP contribution in [0.25, 0.3) is 0 Å². The molecule has 0 aromatic heterocycles. The Kier molecular flexibility index (Phi) is 8.12. The summed E-state index contributed by atoms with van der Waals surface area (Å²) in [6, 6.07) is 0. The van der Waals surface area contributed by atoms with Gasteiger partial charge in [-0.3, -0.25) is 4.79 Å². The van der Waals surface area contributed by atoms with Gasteiger partial charge in [0.1, 0.15) is 0 Å². The highest BCUT2D eigenvalue weighted by Crippen LogP contribution is 2.28. The molecule has 0 spiro atoms. The molecule has 0 radical (unpaired) electrons. The van der Waals surface area contributed by atoms with Crippen LogP contribution in [0.4, 0.5) is 0 Å². The molecule has 1 saturated carbocycles. The van der Waals surface area contributed by atoms with E-state index in [4.69, 9.17) is 5.73 Å². The van der Waals surface area contributed by atoms with Crippen LogP contribution in [0, 0.1) is 5.92 Å². The largest absolute Gasteiger partial charge is 0.370 e. The lowest BCUT2D eigenvalue weighted by molar-refractivity contribution is -0.118. The van der Waals surface area contributed by atoms with Gasteiger partial charge < -0.3 is 5.73 Å². The fourth-order valence-electron chi connectivity index (χ4n) is 2.92. The molecule has 0 saturated heterocycles. The number of carbonyl (C=O) groups is 1. The Bertz CT molecular complexity index is 197. The van der Waals surface area contributed by atoms with E-state index in [2.05, 4.69) is 0 Å². The highest BCUT2D eigenvalue weighted by molar-refractivity contribution is 5.73. The van der Waals surface area contributed by atoms with E-state index in [1.54, 1.807) is 0 Å². The average Bonchev–Trinajstić information content (AvgIpc) is 2.33. The predicted octanol–water partition coefficient (Wildman–Crippen LogP) is 4.17. The number of rotatable bonds is 9. The maximum Gasteiger partial charge on any atom is 0.217 e. The Morgan fingerprint density at radius 2 is 1.47 bits per heavy atom. The lowest BCUT2D eigenvalue weighted by Crippen LogP contribution is -2.09. The van der Waals surface area contributed by atoms with Gasteiger partial charge in [-0.05, 0) is 12.3 Å². The summed E-state index contributed by atoms with van der Waals surface area (Å²) in [6.45, 7) is 0. The maximum atomic E-state index is 10.5. The first kappa shape index (κ1) is 14.5. The quantitative estimate of drug-likeness (QED) is 0.603. The maximum absolute atomic E-state index is 10.5. The molecule has 2 N–H and O–H groups in total. The Morgan fingerprint density at radius 3 is 2.12 bits per heavy atom. The summed E-state index contributed by atoms with van der Waals surface area (Å²) in [5, 5.41) is 0. The van der Waals surface area contributed by atoms with E-state index >= 15 is 0 Å². The number of hydrogen-bond donors (Lipinski definition) is 1. The van der Waals surface area contributed by atoms with Crippen LogP contribution >= 0.6 is 0 Å². The van der Waals surface area contributed by atoms with Crippen molar-refractivity contribution in [1.82, 2.24) is 0 Å². The summed E-state index contributed by atoms with van der Waals surface area (Å²) >= 11 is 0. The van der Waals surface area contributed by atoms with E-state index in [1.165, 1.54) is 70.6 Å². The van der Waals surface area contributed by atoms with E-state index in [9.17, 15) is 4.79 Å². The first-order valence-electron chi connectivity index (χ1n) is 7.57. The standard InChI is InChI=1S/C15H29NO/c16-15(17)13-9-4-2-1-3-6-10-14-11-7-5-8-12-14/h14H,1-13H2,(H2,16,17). The van der Waals surface area contributed by atoms with Gasteiger partial charge in [0.05, 0.1) is 0 Å². The molecule has 1 aliphatic carbocycles. The van der Waals surface area contributed by atoms with Crippen molar-refractivity contribution in [2.45, 2.75) is 83.5 Å². The minimum absolute atomic E-state index is 0.151. The number of amides is 1. The highest BCUT2D eigenvalue weighted by atomic mass is 16.1. The third kappa shape index (κ3) is 8.23. The van der Waals surface area contributed by atoms with Crippen molar-refractivity contribution in [3.63, 3.8) is 0 Å². The normalized spacial score (nSPS) is 17.2. The third-order valence-corrected chi connectivity index (χ3v) is 4.01. The molecular formula is C15H29NO. The SMILES string of the molecule is NC(=O)CCCCCCCCC1CCCCC1. The minimum Gasteiger partial charge on any atom is -0.370 e. The molecule has 1 fully saturated rings. The van der Waals surface area contributed by atoms with Crippen molar-refractivity contribution in [2.24, 2.45) is 11.7 Å². The second-order valence-corrected chi connectivity index (χ2v) is 5.63. The van der Waals surface area contributed by atoms with E-state index in [-0.39, 0.29) is 5.91 Å². The molecule has 0 aromatic carbocycles. The Morgan fingerprint density at radius 1 is 0.882 bits per heavy atom. The summed E-state index contributed by atoms with van der Waals surface area (Å²) in [6.07, 6.45) is 17.0. The first-order valence-corrected chi connectivity index (χ1v) is 7.57. The first-order chi connectivity index (χ1) is 8.29. The summed E-state index contributed by atoms with van der Waals surface area (Å²) < 4.78 is 0.